The zero-order valence-electron chi connectivity index (χ0n) is 12.6. The van der Waals surface area contributed by atoms with Crippen LogP contribution in [0, 0.1) is 0 Å². The van der Waals surface area contributed by atoms with E-state index in [1.165, 1.54) is 30.3 Å². The van der Waals surface area contributed by atoms with Crippen LogP contribution in [0.15, 0.2) is 54.0 Å². The van der Waals surface area contributed by atoms with Gasteiger partial charge in [0.05, 0.1) is 11.1 Å². The molecular formula is C18H12O7. The van der Waals surface area contributed by atoms with Crippen molar-refractivity contribution in [1.29, 1.82) is 0 Å². The Morgan fingerprint density at radius 2 is 1.04 bits per heavy atom. The number of aliphatic hydroxyl groups excluding tert-OH is 2. The summed E-state index contributed by atoms with van der Waals surface area (Å²) in [5.41, 5.74) is -0.773. The quantitative estimate of drug-likeness (QED) is 0.418. The zero-order chi connectivity index (χ0) is 18.3. The van der Waals surface area contributed by atoms with Crippen molar-refractivity contribution in [1.82, 2.24) is 0 Å². The number of carbonyl (C=O) groups is 2. The van der Waals surface area contributed by atoms with E-state index in [2.05, 4.69) is 0 Å². The van der Waals surface area contributed by atoms with Crippen molar-refractivity contribution < 1.29 is 35.1 Å². The first-order chi connectivity index (χ1) is 11.8. The number of phenols is 3. The summed E-state index contributed by atoms with van der Waals surface area (Å²) in [6.07, 6.45) is 0. The lowest BCUT2D eigenvalue weighted by atomic mass is 9.86. The molecule has 2 aromatic rings. The first-order valence-electron chi connectivity index (χ1n) is 7.09. The summed E-state index contributed by atoms with van der Waals surface area (Å²) in [5.74, 6) is -4.81. The molecule has 5 N–H and O–H groups in total. The van der Waals surface area contributed by atoms with Crippen LogP contribution >= 0.6 is 0 Å². The Hall–Kier alpha value is -3.74. The van der Waals surface area contributed by atoms with Crippen molar-refractivity contribution in [3.63, 3.8) is 0 Å². The largest absolute Gasteiger partial charge is 0.508 e. The second kappa shape index (κ2) is 5.72. The average molecular weight is 340 g/mol. The van der Waals surface area contributed by atoms with Gasteiger partial charge in [-0.2, -0.15) is 0 Å². The normalized spacial score (nSPS) is 15.0. The minimum absolute atomic E-state index is 0.0394. The molecule has 1 aliphatic rings. The molecule has 25 heavy (non-hydrogen) atoms. The number of phenolic OH excluding ortho intramolecular Hbond substituents is 3. The molecule has 0 fully saturated rings. The van der Waals surface area contributed by atoms with Crippen molar-refractivity contribution >= 4 is 22.7 Å². The Kier molecular flexibility index (Phi) is 3.69. The molecule has 0 spiro atoms. The van der Waals surface area contributed by atoms with Crippen LogP contribution in [0.2, 0.25) is 0 Å². The van der Waals surface area contributed by atoms with E-state index in [0.717, 1.165) is 12.1 Å². The fourth-order valence-electron chi connectivity index (χ4n) is 2.52. The Bertz CT molecular complexity index is 965. The molecule has 0 saturated heterocycles. The highest BCUT2D eigenvalue weighted by Crippen LogP contribution is 2.36. The Morgan fingerprint density at radius 1 is 0.560 bits per heavy atom. The molecular weight excluding hydrogens is 328 g/mol. The molecule has 0 aliphatic heterocycles. The number of allylic oxidation sites excluding steroid dienone is 2. The number of aromatic hydroxyl groups is 3. The van der Waals surface area contributed by atoms with Crippen LogP contribution < -0.4 is 0 Å². The highest BCUT2D eigenvalue weighted by molar-refractivity contribution is 6.46. The monoisotopic (exact) mass is 340 g/mol. The summed E-state index contributed by atoms with van der Waals surface area (Å²) in [6.45, 7) is 0. The summed E-state index contributed by atoms with van der Waals surface area (Å²) in [7, 11) is 0. The van der Waals surface area contributed by atoms with Gasteiger partial charge in [0.15, 0.2) is 23.0 Å². The molecule has 0 unspecified atom stereocenters. The molecule has 0 bridgehead atoms. The van der Waals surface area contributed by atoms with Crippen molar-refractivity contribution in [2.45, 2.75) is 0 Å². The predicted octanol–water partition coefficient (Wildman–Crippen LogP) is 2.19. The molecule has 2 aromatic carbocycles. The molecule has 0 radical (unpaired) electrons. The molecule has 0 saturated carbocycles. The number of Topliss-reactive ketones (excluding diaryl/α,β-unsaturated/α-hetero) is 2. The van der Waals surface area contributed by atoms with Gasteiger partial charge in [-0.1, -0.05) is 18.2 Å². The van der Waals surface area contributed by atoms with E-state index in [9.17, 15) is 35.1 Å². The molecule has 126 valence electrons. The third-order valence-electron chi connectivity index (χ3n) is 3.78. The fraction of sp³-hybridized carbons (Fsp3) is 0. The lowest BCUT2D eigenvalue weighted by Gasteiger charge is -2.18. The van der Waals surface area contributed by atoms with Crippen LogP contribution in [0.4, 0.5) is 0 Å². The standard InChI is InChI=1S/C18H12O7/c19-10-4-1-8(2-5-10)13-15(22)17(24)14(18(25)16(13)23)9-3-6-11(20)12(21)7-9/h1-7,19-22,25H. The van der Waals surface area contributed by atoms with Crippen LogP contribution in [-0.2, 0) is 9.59 Å². The van der Waals surface area contributed by atoms with Gasteiger partial charge in [0.25, 0.3) is 0 Å². The average Bonchev–Trinajstić information content (AvgIpc) is 2.58. The van der Waals surface area contributed by atoms with Gasteiger partial charge in [-0.25, -0.2) is 0 Å². The van der Waals surface area contributed by atoms with Crippen LogP contribution in [0.3, 0.4) is 0 Å². The van der Waals surface area contributed by atoms with E-state index in [4.69, 9.17) is 0 Å². The number of hydrogen-bond acceptors (Lipinski definition) is 7. The van der Waals surface area contributed by atoms with E-state index in [-0.39, 0.29) is 16.9 Å². The summed E-state index contributed by atoms with van der Waals surface area (Å²) in [4.78, 5) is 24.9. The predicted molar refractivity (Wildman–Crippen MR) is 87.0 cm³/mol. The third kappa shape index (κ3) is 2.57. The van der Waals surface area contributed by atoms with Gasteiger partial charge in [0.2, 0.25) is 11.6 Å². The maximum Gasteiger partial charge on any atom is 0.232 e. The first kappa shape index (κ1) is 16.1. The van der Waals surface area contributed by atoms with E-state index in [0.29, 0.717) is 0 Å². The van der Waals surface area contributed by atoms with Gasteiger partial charge in [-0.3, -0.25) is 9.59 Å². The minimum atomic E-state index is -1.01. The second-order valence-corrected chi connectivity index (χ2v) is 5.36. The number of benzene rings is 2. The Balaban J connectivity index is 2.14. The van der Waals surface area contributed by atoms with Gasteiger partial charge in [0.1, 0.15) is 5.75 Å². The summed E-state index contributed by atoms with van der Waals surface area (Å²) in [6, 6.07) is 8.45. The smallest absolute Gasteiger partial charge is 0.232 e. The van der Waals surface area contributed by atoms with Gasteiger partial charge in [-0.15, -0.1) is 0 Å². The molecule has 7 nitrogen and oxygen atoms in total. The maximum absolute atomic E-state index is 12.5. The number of hydrogen-bond donors (Lipinski definition) is 5. The van der Waals surface area contributed by atoms with Crippen molar-refractivity contribution in [3.8, 4) is 17.2 Å². The molecule has 3 rings (SSSR count). The van der Waals surface area contributed by atoms with Crippen LogP contribution in [0.25, 0.3) is 11.1 Å². The van der Waals surface area contributed by atoms with Gasteiger partial charge < -0.3 is 25.5 Å². The second-order valence-electron chi connectivity index (χ2n) is 5.36. The van der Waals surface area contributed by atoms with Crippen molar-refractivity contribution in [3.05, 3.63) is 65.1 Å². The third-order valence-corrected chi connectivity index (χ3v) is 3.78. The van der Waals surface area contributed by atoms with Gasteiger partial charge >= 0.3 is 0 Å². The van der Waals surface area contributed by atoms with Crippen molar-refractivity contribution in [2.24, 2.45) is 0 Å². The van der Waals surface area contributed by atoms with Crippen LogP contribution in [-0.4, -0.2) is 37.1 Å². The minimum Gasteiger partial charge on any atom is -0.508 e. The molecule has 7 heteroatoms. The highest BCUT2D eigenvalue weighted by atomic mass is 16.3. The number of ketones is 2. The van der Waals surface area contributed by atoms with E-state index in [1.807, 2.05) is 0 Å². The number of rotatable bonds is 2. The lowest BCUT2D eigenvalue weighted by Crippen LogP contribution is -2.22. The molecule has 0 aromatic heterocycles. The summed E-state index contributed by atoms with van der Waals surface area (Å²) in [5, 5.41) is 48.6. The fourth-order valence-corrected chi connectivity index (χ4v) is 2.52. The maximum atomic E-state index is 12.5. The highest BCUT2D eigenvalue weighted by Gasteiger charge is 2.36. The van der Waals surface area contributed by atoms with Gasteiger partial charge in [-0.05, 0) is 35.4 Å². The number of aliphatic hydroxyl groups is 2. The molecule has 1 aliphatic carbocycles. The van der Waals surface area contributed by atoms with E-state index < -0.39 is 45.7 Å². The molecule has 0 atom stereocenters. The Labute approximate surface area is 141 Å². The van der Waals surface area contributed by atoms with E-state index in [1.54, 1.807) is 0 Å². The summed E-state index contributed by atoms with van der Waals surface area (Å²) >= 11 is 0. The van der Waals surface area contributed by atoms with Crippen molar-refractivity contribution in [2.75, 3.05) is 0 Å². The first-order valence-corrected chi connectivity index (χ1v) is 7.09. The van der Waals surface area contributed by atoms with E-state index >= 15 is 0 Å². The Morgan fingerprint density at radius 3 is 1.56 bits per heavy atom. The topological polar surface area (TPSA) is 135 Å². The van der Waals surface area contributed by atoms with Crippen LogP contribution in [0.1, 0.15) is 11.1 Å². The van der Waals surface area contributed by atoms with Gasteiger partial charge in [0, 0.05) is 0 Å². The lowest BCUT2D eigenvalue weighted by molar-refractivity contribution is -0.116. The molecule has 0 heterocycles. The SMILES string of the molecule is O=C1C(O)=C(c2ccc(O)c(O)c2)C(=O)C(O)=C1c1ccc(O)cc1. The molecule has 0 amide bonds. The van der Waals surface area contributed by atoms with Crippen LogP contribution in [0.5, 0.6) is 17.2 Å². The zero-order valence-corrected chi connectivity index (χ0v) is 12.6. The summed E-state index contributed by atoms with van der Waals surface area (Å²) < 4.78 is 0. The number of carbonyl (C=O) groups excluding carboxylic acids is 2.